The lowest BCUT2D eigenvalue weighted by molar-refractivity contribution is 0.506. The van der Waals surface area contributed by atoms with Gasteiger partial charge in [-0.25, -0.2) is 17.5 Å². The fourth-order valence-electron chi connectivity index (χ4n) is 1.52. The van der Waals surface area contributed by atoms with E-state index in [0.29, 0.717) is 0 Å². The summed E-state index contributed by atoms with van der Waals surface area (Å²) < 4.78 is 63.9. The highest BCUT2D eigenvalue weighted by atomic mass is 32.2. The number of benzene rings is 1. The van der Waals surface area contributed by atoms with Crippen molar-refractivity contribution in [2.24, 2.45) is 0 Å². The predicted octanol–water partition coefficient (Wildman–Crippen LogP) is -0.0123. The molecule has 1 rings (SSSR count). The average molecular weight is 339 g/mol. The summed E-state index contributed by atoms with van der Waals surface area (Å²) in [6, 6.07) is 5.08. The molecule has 0 aromatic heterocycles. The number of sulfonamides is 1. The molecule has 0 aliphatic heterocycles. The Morgan fingerprint density at radius 2 is 1.81 bits per heavy atom. The summed E-state index contributed by atoms with van der Waals surface area (Å²) in [6.45, 7) is -0.278. The van der Waals surface area contributed by atoms with Gasteiger partial charge in [0, 0.05) is 27.2 Å². The molecular weight excluding hydrogens is 321 g/mol. The SMILES string of the molecule is CN(C)S(=O)(=O)NCCN(c1cccc(F)c1)S(C)(=O)=O. The highest BCUT2D eigenvalue weighted by Gasteiger charge is 2.19. The molecule has 0 heterocycles. The van der Waals surface area contributed by atoms with Gasteiger partial charge < -0.3 is 0 Å². The first kappa shape index (κ1) is 17.8. The molecule has 0 amide bonds. The third-order valence-corrected chi connectivity index (χ3v) is 5.30. The van der Waals surface area contributed by atoms with Gasteiger partial charge in [0.1, 0.15) is 5.82 Å². The second-order valence-corrected chi connectivity index (χ2v) is 8.37. The van der Waals surface area contributed by atoms with E-state index in [1.165, 1.54) is 32.3 Å². The van der Waals surface area contributed by atoms with E-state index in [-0.39, 0.29) is 18.8 Å². The van der Waals surface area contributed by atoms with E-state index in [1.54, 1.807) is 0 Å². The molecule has 1 aromatic carbocycles. The Bertz CT molecular complexity index is 689. The van der Waals surface area contributed by atoms with Crippen LogP contribution in [0.2, 0.25) is 0 Å². The summed E-state index contributed by atoms with van der Waals surface area (Å²) in [5.41, 5.74) is 0.140. The molecule has 0 radical (unpaired) electrons. The normalized spacial score (nSPS) is 12.6. The van der Waals surface area contributed by atoms with E-state index in [0.717, 1.165) is 20.9 Å². The highest BCUT2D eigenvalue weighted by Crippen LogP contribution is 2.17. The Morgan fingerprint density at radius 1 is 1.19 bits per heavy atom. The Hall–Kier alpha value is -1.23. The molecule has 0 fully saturated rings. The van der Waals surface area contributed by atoms with Crippen LogP contribution in [0.1, 0.15) is 0 Å². The van der Waals surface area contributed by atoms with Crippen molar-refractivity contribution in [3.8, 4) is 0 Å². The van der Waals surface area contributed by atoms with Crippen LogP contribution >= 0.6 is 0 Å². The number of hydrogen-bond donors (Lipinski definition) is 1. The molecule has 0 aliphatic rings. The number of halogens is 1. The van der Waals surface area contributed by atoms with Crippen molar-refractivity contribution in [1.82, 2.24) is 9.03 Å². The smallest absolute Gasteiger partial charge is 0.269 e. The molecule has 1 N–H and O–H groups in total. The first-order valence-electron chi connectivity index (χ1n) is 5.94. The second kappa shape index (κ2) is 6.69. The van der Waals surface area contributed by atoms with Crippen LogP contribution in [-0.2, 0) is 20.2 Å². The molecule has 0 spiro atoms. The van der Waals surface area contributed by atoms with Crippen molar-refractivity contribution in [3.63, 3.8) is 0 Å². The Balaban J connectivity index is 2.88. The van der Waals surface area contributed by atoms with Crippen molar-refractivity contribution >= 4 is 25.9 Å². The topological polar surface area (TPSA) is 86.8 Å². The molecule has 0 saturated carbocycles. The minimum Gasteiger partial charge on any atom is -0.269 e. The van der Waals surface area contributed by atoms with Crippen LogP contribution in [0.15, 0.2) is 24.3 Å². The van der Waals surface area contributed by atoms with Crippen molar-refractivity contribution in [2.45, 2.75) is 0 Å². The van der Waals surface area contributed by atoms with E-state index in [4.69, 9.17) is 0 Å². The molecule has 1 aromatic rings. The first-order valence-corrected chi connectivity index (χ1v) is 9.23. The number of nitrogens with zero attached hydrogens (tertiary/aromatic N) is 2. The van der Waals surface area contributed by atoms with Gasteiger partial charge in [-0.1, -0.05) is 6.07 Å². The van der Waals surface area contributed by atoms with E-state index in [2.05, 4.69) is 4.72 Å². The molecule has 7 nitrogen and oxygen atoms in total. The van der Waals surface area contributed by atoms with E-state index in [9.17, 15) is 21.2 Å². The Morgan fingerprint density at radius 3 is 2.29 bits per heavy atom. The van der Waals surface area contributed by atoms with Crippen molar-refractivity contribution in [3.05, 3.63) is 30.1 Å². The number of rotatable bonds is 7. The van der Waals surface area contributed by atoms with Crippen LogP contribution < -0.4 is 9.03 Å². The largest absolute Gasteiger partial charge is 0.278 e. The van der Waals surface area contributed by atoms with Gasteiger partial charge >= 0.3 is 0 Å². The summed E-state index contributed by atoms with van der Waals surface area (Å²) in [5, 5.41) is 0. The molecule has 10 heteroatoms. The zero-order chi connectivity index (χ0) is 16.3. The van der Waals surface area contributed by atoms with Crippen LogP contribution in [0.4, 0.5) is 10.1 Å². The molecule has 0 atom stereocenters. The van der Waals surface area contributed by atoms with Gasteiger partial charge in [-0.2, -0.15) is 12.7 Å². The fraction of sp³-hybridized carbons (Fsp3) is 0.455. The third kappa shape index (κ3) is 5.23. The summed E-state index contributed by atoms with van der Waals surface area (Å²) in [7, 11) is -4.60. The molecule has 0 bridgehead atoms. The second-order valence-electron chi connectivity index (χ2n) is 4.50. The monoisotopic (exact) mass is 339 g/mol. The highest BCUT2D eigenvalue weighted by molar-refractivity contribution is 7.92. The lowest BCUT2D eigenvalue weighted by Crippen LogP contribution is -2.42. The molecule has 0 saturated heterocycles. The standard InChI is InChI=1S/C11H18FN3O4S2/c1-14(2)21(18,19)13-7-8-15(20(3,16)17)11-6-4-5-10(12)9-11/h4-6,9,13H,7-8H2,1-3H3. The number of nitrogens with one attached hydrogen (secondary N) is 1. The van der Waals surface area contributed by atoms with Crippen LogP contribution in [0.3, 0.4) is 0 Å². The lowest BCUT2D eigenvalue weighted by atomic mass is 10.3. The molecular formula is C11H18FN3O4S2. The van der Waals surface area contributed by atoms with Gasteiger partial charge in [0.05, 0.1) is 11.9 Å². The zero-order valence-corrected chi connectivity index (χ0v) is 13.6. The minimum absolute atomic E-state index is 0.135. The van der Waals surface area contributed by atoms with Gasteiger partial charge in [-0.15, -0.1) is 0 Å². The van der Waals surface area contributed by atoms with Crippen LogP contribution in [0.5, 0.6) is 0 Å². The maximum Gasteiger partial charge on any atom is 0.278 e. The first-order chi connectivity index (χ1) is 9.54. The average Bonchev–Trinajstić information content (AvgIpc) is 2.32. The van der Waals surface area contributed by atoms with Crippen molar-refractivity contribution in [2.75, 3.05) is 37.7 Å². The van der Waals surface area contributed by atoms with Gasteiger partial charge in [-0.3, -0.25) is 4.31 Å². The molecule has 120 valence electrons. The number of hydrogen-bond acceptors (Lipinski definition) is 4. The van der Waals surface area contributed by atoms with Gasteiger partial charge in [0.25, 0.3) is 10.2 Å². The summed E-state index contributed by atoms with van der Waals surface area (Å²) in [5.74, 6) is -0.574. The van der Waals surface area contributed by atoms with Crippen molar-refractivity contribution < 1.29 is 21.2 Å². The maximum atomic E-state index is 13.2. The quantitative estimate of drug-likeness (QED) is 0.757. The Labute approximate surface area is 124 Å². The summed E-state index contributed by atoms with van der Waals surface area (Å²) in [6.07, 6.45) is 0.971. The zero-order valence-electron chi connectivity index (χ0n) is 11.9. The van der Waals surface area contributed by atoms with Crippen LogP contribution in [-0.4, -0.2) is 54.6 Å². The summed E-state index contributed by atoms with van der Waals surface area (Å²) in [4.78, 5) is 0. The summed E-state index contributed by atoms with van der Waals surface area (Å²) >= 11 is 0. The maximum absolute atomic E-state index is 13.2. The molecule has 0 unspecified atom stereocenters. The van der Waals surface area contributed by atoms with Crippen LogP contribution in [0.25, 0.3) is 0 Å². The van der Waals surface area contributed by atoms with Gasteiger partial charge in [0.2, 0.25) is 10.0 Å². The molecule has 21 heavy (non-hydrogen) atoms. The predicted molar refractivity (Wildman–Crippen MR) is 79.2 cm³/mol. The van der Waals surface area contributed by atoms with E-state index >= 15 is 0 Å². The van der Waals surface area contributed by atoms with E-state index in [1.807, 2.05) is 0 Å². The Kier molecular flexibility index (Phi) is 5.68. The number of anilines is 1. The van der Waals surface area contributed by atoms with E-state index < -0.39 is 26.0 Å². The fourth-order valence-corrected chi connectivity index (χ4v) is 3.05. The molecule has 0 aliphatic carbocycles. The van der Waals surface area contributed by atoms with Gasteiger partial charge in [-0.05, 0) is 18.2 Å². The lowest BCUT2D eigenvalue weighted by Gasteiger charge is -2.23. The third-order valence-electron chi connectivity index (χ3n) is 2.58. The van der Waals surface area contributed by atoms with Gasteiger partial charge in [0.15, 0.2) is 0 Å². The van der Waals surface area contributed by atoms with Crippen molar-refractivity contribution in [1.29, 1.82) is 0 Å². The minimum atomic E-state index is -3.65. The van der Waals surface area contributed by atoms with Crippen LogP contribution in [0, 0.1) is 5.82 Å².